The van der Waals surface area contributed by atoms with Crippen LogP contribution in [-0.4, -0.2) is 77.2 Å². The monoisotopic (exact) mass is 508 g/mol. The molecule has 0 aromatic carbocycles. The largest absolute Gasteiger partial charge is 0.495 e. The number of aliphatic hydroxyl groups excluding tert-OH is 2. The van der Waals surface area contributed by atoms with Crippen molar-refractivity contribution in [1.29, 1.82) is 0 Å². The molecule has 0 radical (unpaired) electrons. The molecule has 1 aliphatic rings. The fourth-order valence-corrected chi connectivity index (χ4v) is 5.40. The second-order valence-electron chi connectivity index (χ2n) is 8.05. The first kappa shape index (κ1) is 23.9. The second-order valence-corrected chi connectivity index (χ2v) is 9.31. The molecule has 12 nitrogen and oxygen atoms in total. The van der Waals surface area contributed by atoms with Crippen molar-refractivity contribution in [1.82, 2.24) is 34.8 Å². The number of carbonyl (C=O) groups is 1. The van der Waals surface area contributed by atoms with Crippen LogP contribution in [0.25, 0.3) is 22.6 Å². The Hall–Kier alpha value is -3.81. The quantitative estimate of drug-likeness (QED) is 0.282. The zero-order chi connectivity index (χ0) is 25.2. The van der Waals surface area contributed by atoms with Gasteiger partial charge in [-0.2, -0.15) is 0 Å². The highest BCUT2D eigenvalue weighted by molar-refractivity contribution is 8.01. The van der Waals surface area contributed by atoms with E-state index in [1.54, 1.807) is 36.3 Å². The molecule has 13 heteroatoms. The number of imidazole rings is 1. The van der Waals surface area contributed by atoms with Crippen LogP contribution >= 0.6 is 11.8 Å². The van der Waals surface area contributed by atoms with Crippen LogP contribution in [0.1, 0.15) is 11.1 Å². The number of carbonyl (C=O) groups excluding carboxylic acids is 1. The summed E-state index contributed by atoms with van der Waals surface area (Å²) in [5, 5.41) is 25.6. The fourth-order valence-electron chi connectivity index (χ4n) is 3.93. The summed E-state index contributed by atoms with van der Waals surface area (Å²) >= 11 is 1.14. The number of nitrogens with zero attached hydrogens (tertiary/aromatic N) is 6. The summed E-state index contributed by atoms with van der Waals surface area (Å²) in [6.07, 6.45) is 3.98. The molecule has 4 atom stereocenters. The molecule has 0 bridgehead atoms. The van der Waals surface area contributed by atoms with Crippen LogP contribution in [0.2, 0.25) is 0 Å². The van der Waals surface area contributed by atoms with Gasteiger partial charge in [0, 0.05) is 25.0 Å². The first-order chi connectivity index (χ1) is 17.5. The van der Waals surface area contributed by atoms with Crippen molar-refractivity contribution in [3.63, 3.8) is 0 Å². The van der Waals surface area contributed by atoms with Gasteiger partial charge in [0.1, 0.15) is 28.6 Å². The summed E-state index contributed by atoms with van der Waals surface area (Å²) in [6, 6.07) is 7.40. The summed E-state index contributed by atoms with van der Waals surface area (Å²) in [5.74, 6) is 1.00. The lowest BCUT2D eigenvalue weighted by Gasteiger charge is -2.17. The summed E-state index contributed by atoms with van der Waals surface area (Å²) in [5.41, 5.74) is 2.32. The summed E-state index contributed by atoms with van der Waals surface area (Å²) in [4.78, 5) is 34.7. The SMILES string of the molecule is CNC(=O)[C@H]1S[C@@H](n2cnc3c(NCc4ccccn4)nc(-c4cncc(OC)c4)nc32)[C@H](O)[C@@H]1O. The van der Waals surface area contributed by atoms with E-state index < -0.39 is 22.8 Å². The number of hydrogen-bond acceptors (Lipinski definition) is 11. The van der Waals surface area contributed by atoms with Crippen molar-refractivity contribution >= 4 is 34.7 Å². The number of nitrogens with one attached hydrogen (secondary N) is 2. The van der Waals surface area contributed by atoms with Crippen molar-refractivity contribution in [2.75, 3.05) is 19.5 Å². The molecule has 186 valence electrons. The number of pyridine rings is 2. The topological polar surface area (TPSA) is 160 Å². The lowest BCUT2D eigenvalue weighted by Crippen LogP contribution is -2.39. The molecule has 1 aliphatic heterocycles. The Morgan fingerprint density at radius 1 is 1.19 bits per heavy atom. The second kappa shape index (κ2) is 10.0. The summed E-state index contributed by atoms with van der Waals surface area (Å²) < 4.78 is 6.95. The van der Waals surface area contributed by atoms with Crippen molar-refractivity contribution < 1.29 is 19.7 Å². The highest BCUT2D eigenvalue weighted by atomic mass is 32.2. The predicted octanol–water partition coefficient (Wildman–Crippen LogP) is 0.986. The van der Waals surface area contributed by atoms with Crippen molar-refractivity contribution in [2.45, 2.75) is 29.4 Å². The predicted molar refractivity (Wildman–Crippen MR) is 133 cm³/mol. The Kier molecular flexibility index (Phi) is 6.67. The number of amides is 1. The Morgan fingerprint density at radius 3 is 2.81 bits per heavy atom. The van der Waals surface area contributed by atoms with E-state index in [0.717, 1.165) is 17.5 Å². The maximum Gasteiger partial charge on any atom is 0.235 e. The highest BCUT2D eigenvalue weighted by Crippen LogP contribution is 2.43. The van der Waals surface area contributed by atoms with Crippen LogP contribution < -0.4 is 15.4 Å². The lowest BCUT2D eigenvalue weighted by atomic mass is 10.1. The van der Waals surface area contributed by atoms with Crippen molar-refractivity contribution in [3.05, 3.63) is 54.9 Å². The van der Waals surface area contributed by atoms with E-state index in [1.807, 2.05) is 18.2 Å². The minimum Gasteiger partial charge on any atom is -0.495 e. The average molecular weight is 509 g/mol. The molecule has 0 unspecified atom stereocenters. The summed E-state index contributed by atoms with van der Waals surface area (Å²) in [6.45, 7) is 0.397. The molecule has 1 amide bonds. The van der Waals surface area contributed by atoms with Gasteiger partial charge in [-0.25, -0.2) is 15.0 Å². The van der Waals surface area contributed by atoms with Gasteiger partial charge in [0.2, 0.25) is 5.91 Å². The average Bonchev–Trinajstić information content (AvgIpc) is 3.48. The van der Waals surface area contributed by atoms with E-state index in [1.165, 1.54) is 13.4 Å². The van der Waals surface area contributed by atoms with Gasteiger partial charge in [-0.3, -0.25) is 19.3 Å². The number of thioether (sulfide) groups is 1. The normalized spacial score (nSPS) is 21.4. The van der Waals surface area contributed by atoms with Gasteiger partial charge in [-0.1, -0.05) is 6.07 Å². The minimum atomic E-state index is -1.25. The zero-order valence-corrected chi connectivity index (χ0v) is 20.3. The molecule has 0 spiro atoms. The van der Waals surface area contributed by atoms with Crippen LogP contribution in [0.3, 0.4) is 0 Å². The van der Waals surface area contributed by atoms with Crippen LogP contribution in [0, 0.1) is 0 Å². The molecule has 5 heterocycles. The number of fused-ring (bicyclic) bond motifs is 1. The molecule has 1 saturated heterocycles. The first-order valence-electron chi connectivity index (χ1n) is 11.1. The van der Waals surface area contributed by atoms with Crippen molar-refractivity contribution in [2.24, 2.45) is 0 Å². The molecule has 1 fully saturated rings. The number of hydrogen-bond donors (Lipinski definition) is 4. The van der Waals surface area contributed by atoms with Gasteiger partial charge in [-0.15, -0.1) is 11.8 Å². The van der Waals surface area contributed by atoms with Crippen LogP contribution in [0.4, 0.5) is 5.82 Å². The number of methoxy groups -OCH3 is 1. The number of ether oxygens (including phenoxy) is 1. The number of aromatic nitrogens is 6. The Balaban J connectivity index is 1.59. The van der Waals surface area contributed by atoms with Gasteiger partial charge < -0.3 is 25.6 Å². The molecule has 4 N–H and O–H groups in total. The van der Waals surface area contributed by atoms with Gasteiger partial charge in [0.15, 0.2) is 22.8 Å². The third-order valence-electron chi connectivity index (χ3n) is 5.81. The molecule has 4 aromatic heterocycles. The van der Waals surface area contributed by atoms with E-state index in [0.29, 0.717) is 40.7 Å². The van der Waals surface area contributed by atoms with Crippen LogP contribution in [0.5, 0.6) is 5.75 Å². The Labute approximate surface area is 210 Å². The van der Waals surface area contributed by atoms with E-state index in [9.17, 15) is 15.0 Å². The van der Waals surface area contributed by atoms with E-state index in [2.05, 4.69) is 30.6 Å². The van der Waals surface area contributed by atoms with Gasteiger partial charge in [-0.05, 0) is 18.2 Å². The highest BCUT2D eigenvalue weighted by Gasteiger charge is 2.47. The Morgan fingerprint density at radius 2 is 2.06 bits per heavy atom. The molecule has 5 rings (SSSR count). The number of anilines is 1. The van der Waals surface area contributed by atoms with Crippen LogP contribution in [-0.2, 0) is 11.3 Å². The number of rotatable bonds is 7. The molecule has 36 heavy (non-hydrogen) atoms. The molecular formula is C23H24N8O4S. The molecular weight excluding hydrogens is 484 g/mol. The maximum atomic E-state index is 12.2. The molecule has 0 aliphatic carbocycles. The Bertz CT molecular complexity index is 1390. The van der Waals surface area contributed by atoms with E-state index in [-0.39, 0.29) is 5.91 Å². The van der Waals surface area contributed by atoms with E-state index in [4.69, 9.17) is 9.72 Å². The molecule has 0 saturated carbocycles. The number of aliphatic hydroxyl groups is 2. The third kappa shape index (κ3) is 4.43. The maximum absolute atomic E-state index is 12.2. The van der Waals surface area contributed by atoms with Gasteiger partial charge >= 0.3 is 0 Å². The molecule has 4 aromatic rings. The first-order valence-corrected chi connectivity index (χ1v) is 12.1. The van der Waals surface area contributed by atoms with Gasteiger partial charge in [0.25, 0.3) is 0 Å². The lowest BCUT2D eigenvalue weighted by molar-refractivity contribution is -0.122. The van der Waals surface area contributed by atoms with E-state index >= 15 is 0 Å². The van der Waals surface area contributed by atoms with Gasteiger partial charge in [0.05, 0.1) is 31.9 Å². The van der Waals surface area contributed by atoms with Crippen molar-refractivity contribution in [3.8, 4) is 17.1 Å². The standard InChI is InChI=1S/C23H24N8O4S/c1-24-22(34)18-16(32)17(33)23(36-18)31-11-28-15-20(27-9-13-5-3-4-6-26-13)29-19(30-21(15)31)12-7-14(35-2)10-25-8-12/h3-8,10-11,16-18,23,32-33H,9H2,1-2H3,(H,24,34)(H,27,29,30)/t16-,17+,18-,23+/m0/s1. The summed E-state index contributed by atoms with van der Waals surface area (Å²) in [7, 11) is 3.04. The van der Waals surface area contributed by atoms with Crippen LogP contribution in [0.15, 0.2) is 49.2 Å². The fraction of sp³-hybridized carbons (Fsp3) is 0.304. The third-order valence-corrected chi connectivity index (χ3v) is 7.38. The smallest absolute Gasteiger partial charge is 0.235 e. The zero-order valence-electron chi connectivity index (χ0n) is 19.4. The minimum absolute atomic E-state index is 0.361.